The predicted molar refractivity (Wildman–Crippen MR) is 86.0 cm³/mol. The summed E-state index contributed by atoms with van der Waals surface area (Å²) >= 11 is 0. The molecule has 0 spiro atoms. The zero-order chi connectivity index (χ0) is 14.4. The van der Waals surface area contributed by atoms with Crippen LogP contribution in [0.4, 0.5) is 0 Å². The molecule has 3 heteroatoms. The van der Waals surface area contributed by atoms with Crippen LogP contribution in [-0.2, 0) is 0 Å². The largest absolute Gasteiger partial charge is 0.330 e. The lowest BCUT2D eigenvalue weighted by Crippen LogP contribution is -2.48. The summed E-state index contributed by atoms with van der Waals surface area (Å²) in [5.74, 6) is 1.23. The lowest BCUT2D eigenvalue weighted by atomic mass is 9.98. The maximum Gasteiger partial charge on any atom is 0.0110 e. The molecule has 0 radical (unpaired) electrons. The molecule has 1 atom stereocenters. The van der Waals surface area contributed by atoms with E-state index in [0.717, 1.165) is 19.0 Å². The van der Waals surface area contributed by atoms with Gasteiger partial charge in [0.25, 0.3) is 0 Å². The molecule has 3 nitrogen and oxygen atoms in total. The SMILES string of the molecule is CC(C)CN1CCN(CC(CN)c2ccccc2)CC1. The molecule has 0 amide bonds. The van der Waals surface area contributed by atoms with E-state index in [4.69, 9.17) is 5.73 Å². The summed E-state index contributed by atoms with van der Waals surface area (Å²) in [6, 6.07) is 10.7. The van der Waals surface area contributed by atoms with Crippen LogP contribution < -0.4 is 5.73 Å². The fourth-order valence-corrected chi connectivity index (χ4v) is 3.02. The highest BCUT2D eigenvalue weighted by Gasteiger charge is 2.20. The van der Waals surface area contributed by atoms with Gasteiger partial charge in [0.15, 0.2) is 0 Å². The summed E-state index contributed by atoms with van der Waals surface area (Å²) in [6.07, 6.45) is 0. The van der Waals surface area contributed by atoms with Gasteiger partial charge in [-0.3, -0.25) is 0 Å². The summed E-state index contributed by atoms with van der Waals surface area (Å²) in [7, 11) is 0. The third-order valence-electron chi connectivity index (χ3n) is 4.12. The number of nitrogens with zero attached hydrogens (tertiary/aromatic N) is 2. The monoisotopic (exact) mass is 275 g/mol. The molecule has 0 saturated carbocycles. The highest BCUT2D eigenvalue weighted by atomic mass is 15.3. The molecule has 1 saturated heterocycles. The van der Waals surface area contributed by atoms with Gasteiger partial charge < -0.3 is 15.5 Å². The van der Waals surface area contributed by atoms with Gasteiger partial charge in [-0.1, -0.05) is 44.2 Å². The topological polar surface area (TPSA) is 32.5 Å². The van der Waals surface area contributed by atoms with Gasteiger partial charge in [0, 0.05) is 51.7 Å². The lowest BCUT2D eigenvalue weighted by molar-refractivity contribution is 0.118. The summed E-state index contributed by atoms with van der Waals surface area (Å²) < 4.78 is 0. The standard InChI is InChI=1S/C17H29N3/c1-15(2)13-19-8-10-20(11-9-19)14-17(12-18)16-6-4-3-5-7-16/h3-7,15,17H,8-14,18H2,1-2H3. The van der Waals surface area contributed by atoms with Gasteiger partial charge in [-0.15, -0.1) is 0 Å². The number of rotatable bonds is 6. The lowest BCUT2D eigenvalue weighted by Gasteiger charge is -2.37. The van der Waals surface area contributed by atoms with Gasteiger partial charge >= 0.3 is 0 Å². The van der Waals surface area contributed by atoms with Crippen LogP contribution in [0.1, 0.15) is 25.3 Å². The second-order valence-corrected chi connectivity index (χ2v) is 6.34. The van der Waals surface area contributed by atoms with E-state index < -0.39 is 0 Å². The summed E-state index contributed by atoms with van der Waals surface area (Å²) in [4.78, 5) is 5.16. The maximum absolute atomic E-state index is 5.98. The Labute approximate surface area is 123 Å². The first-order chi connectivity index (χ1) is 9.69. The molecule has 20 heavy (non-hydrogen) atoms. The molecular weight excluding hydrogens is 246 g/mol. The summed E-state index contributed by atoms with van der Waals surface area (Å²) in [5.41, 5.74) is 7.35. The third kappa shape index (κ3) is 4.58. The van der Waals surface area contributed by atoms with Crippen LogP contribution in [0, 0.1) is 5.92 Å². The van der Waals surface area contributed by atoms with Gasteiger partial charge in [0.1, 0.15) is 0 Å². The van der Waals surface area contributed by atoms with Crippen LogP contribution in [0.5, 0.6) is 0 Å². The highest BCUT2D eigenvalue weighted by molar-refractivity contribution is 5.20. The molecule has 1 aromatic carbocycles. The van der Waals surface area contributed by atoms with E-state index in [2.05, 4.69) is 54.0 Å². The molecule has 2 N–H and O–H groups in total. The Balaban J connectivity index is 1.82. The van der Waals surface area contributed by atoms with Crippen molar-refractivity contribution in [2.75, 3.05) is 45.8 Å². The molecular formula is C17H29N3. The minimum atomic E-state index is 0.466. The smallest absolute Gasteiger partial charge is 0.0110 e. The molecule has 112 valence electrons. The Morgan fingerprint density at radius 3 is 2.00 bits per heavy atom. The molecule has 1 aromatic rings. The van der Waals surface area contributed by atoms with E-state index in [-0.39, 0.29) is 0 Å². The van der Waals surface area contributed by atoms with E-state index in [9.17, 15) is 0 Å². The molecule has 1 fully saturated rings. The molecule has 1 unspecified atom stereocenters. The minimum Gasteiger partial charge on any atom is -0.330 e. The number of benzene rings is 1. The second-order valence-electron chi connectivity index (χ2n) is 6.34. The van der Waals surface area contributed by atoms with Crippen molar-refractivity contribution in [2.45, 2.75) is 19.8 Å². The molecule has 0 aromatic heterocycles. The highest BCUT2D eigenvalue weighted by Crippen LogP contribution is 2.17. The molecule has 1 aliphatic rings. The van der Waals surface area contributed by atoms with Crippen molar-refractivity contribution >= 4 is 0 Å². The minimum absolute atomic E-state index is 0.466. The van der Waals surface area contributed by atoms with Gasteiger partial charge in [0.2, 0.25) is 0 Å². The zero-order valence-corrected chi connectivity index (χ0v) is 13.0. The quantitative estimate of drug-likeness (QED) is 0.862. The van der Waals surface area contributed by atoms with Crippen molar-refractivity contribution in [3.05, 3.63) is 35.9 Å². The Kier molecular flexibility index (Phi) is 6.02. The van der Waals surface area contributed by atoms with Crippen molar-refractivity contribution in [3.8, 4) is 0 Å². The van der Waals surface area contributed by atoms with Crippen LogP contribution in [0.15, 0.2) is 30.3 Å². The number of nitrogens with two attached hydrogens (primary N) is 1. The first-order valence-electron chi connectivity index (χ1n) is 7.88. The van der Waals surface area contributed by atoms with Crippen molar-refractivity contribution in [3.63, 3.8) is 0 Å². The van der Waals surface area contributed by atoms with Gasteiger partial charge in [0.05, 0.1) is 0 Å². The van der Waals surface area contributed by atoms with Crippen molar-refractivity contribution in [2.24, 2.45) is 11.7 Å². The van der Waals surface area contributed by atoms with Crippen molar-refractivity contribution < 1.29 is 0 Å². The Morgan fingerprint density at radius 2 is 1.50 bits per heavy atom. The summed E-state index contributed by atoms with van der Waals surface area (Å²) in [6.45, 7) is 12.4. The van der Waals surface area contributed by atoms with Crippen molar-refractivity contribution in [1.82, 2.24) is 9.80 Å². The average molecular weight is 275 g/mol. The Bertz CT molecular complexity index is 369. The molecule has 1 heterocycles. The predicted octanol–water partition coefficient (Wildman–Crippen LogP) is 2.00. The van der Waals surface area contributed by atoms with E-state index in [1.54, 1.807) is 0 Å². The van der Waals surface area contributed by atoms with Crippen LogP contribution in [0.25, 0.3) is 0 Å². The van der Waals surface area contributed by atoms with Gasteiger partial charge in [-0.25, -0.2) is 0 Å². The van der Waals surface area contributed by atoms with E-state index >= 15 is 0 Å². The molecule has 2 rings (SSSR count). The fourth-order valence-electron chi connectivity index (χ4n) is 3.02. The first-order valence-corrected chi connectivity index (χ1v) is 7.88. The number of hydrogen-bond donors (Lipinski definition) is 1. The Morgan fingerprint density at radius 1 is 0.950 bits per heavy atom. The second kappa shape index (κ2) is 7.77. The van der Waals surface area contributed by atoms with E-state index in [1.807, 2.05) is 0 Å². The van der Waals surface area contributed by atoms with Crippen LogP contribution in [0.3, 0.4) is 0 Å². The van der Waals surface area contributed by atoms with Crippen LogP contribution in [-0.4, -0.2) is 55.6 Å². The maximum atomic E-state index is 5.98. The van der Waals surface area contributed by atoms with Crippen molar-refractivity contribution in [1.29, 1.82) is 0 Å². The normalized spacial score (nSPS) is 19.4. The van der Waals surface area contributed by atoms with E-state index in [0.29, 0.717) is 5.92 Å². The number of hydrogen-bond acceptors (Lipinski definition) is 3. The van der Waals surface area contributed by atoms with Crippen LogP contribution >= 0.6 is 0 Å². The number of piperazine rings is 1. The zero-order valence-electron chi connectivity index (χ0n) is 13.0. The van der Waals surface area contributed by atoms with Crippen LogP contribution in [0.2, 0.25) is 0 Å². The first kappa shape index (κ1) is 15.5. The summed E-state index contributed by atoms with van der Waals surface area (Å²) in [5, 5.41) is 0. The molecule has 1 aliphatic heterocycles. The third-order valence-corrected chi connectivity index (χ3v) is 4.12. The fraction of sp³-hybridized carbons (Fsp3) is 0.647. The van der Waals surface area contributed by atoms with Gasteiger partial charge in [-0.05, 0) is 11.5 Å². The Hall–Kier alpha value is -0.900. The van der Waals surface area contributed by atoms with Gasteiger partial charge in [-0.2, -0.15) is 0 Å². The average Bonchev–Trinajstić information content (AvgIpc) is 2.47. The van der Waals surface area contributed by atoms with E-state index in [1.165, 1.54) is 38.3 Å². The molecule has 0 bridgehead atoms. The molecule has 0 aliphatic carbocycles.